The van der Waals surface area contributed by atoms with Crippen molar-refractivity contribution in [2.24, 2.45) is 0 Å². The maximum atomic E-state index is 7.72. The number of furan rings is 1. The summed E-state index contributed by atoms with van der Waals surface area (Å²) in [5, 5.41) is 5.08. The fourth-order valence-electron chi connectivity index (χ4n) is 4.85. The van der Waals surface area contributed by atoms with E-state index in [0.29, 0.717) is 28.3 Å². The van der Waals surface area contributed by atoms with E-state index in [1.807, 2.05) is 54.6 Å². The molecule has 0 aliphatic carbocycles. The first-order valence-corrected chi connectivity index (χ1v) is 11.7. The van der Waals surface area contributed by atoms with Crippen LogP contribution in [0.3, 0.4) is 0 Å². The van der Waals surface area contributed by atoms with E-state index in [4.69, 9.17) is 13.3 Å². The molecule has 4 aromatic carbocycles. The van der Waals surface area contributed by atoms with E-state index in [0.717, 1.165) is 43.6 Å². The summed E-state index contributed by atoms with van der Waals surface area (Å²) in [4.78, 5) is 9.12. The van der Waals surface area contributed by atoms with Crippen molar-refractivity contribution in [3.8, 4) is 22.8 Å². The Morgan fingerprint density at radius 2 is 1.75 bits per heavy atom. The number of hydrogen-bond acceptors (Lipinski definition) is 4. The molecule has 0 aliphatic rings. The molecule has 0 radical (unpaired) electrons. The van der Waals surface area contributed by atoms with Crippen molar-refractivity contribution in [3.05, 3.63) is 108 Å². The van der Waals surface area contributed by atoms with Crippen molar-refractivity contribution in [1.82, 2.24) is 9.97 Å². The summed E-state index contributed by atoms with van der Waals surface area (Å²) in [6.45, 7) is -0.410. The molecule has 0 aliphatic heterocycles. The first-order valence-electron chi connectivity index (χ1n) is 13.2. The van der Waals surface area contributed by atoms with Gasteiger partial charge in [0.2, 0.25) is 0 Å². The molecule has 0 spiro atoms. The summed E-state index contributed by atoms with van der Waals surface area (Å²) < 4.78 is 36.0. The molecule has 3 aromatic heterocycles. The molecule has 0 unspecified atom stereocenters. The van der Waals surface area contributed by atoms with Crippen molar-refractivity contribution in [2.45, 2.75) is 13.8 Å². The van der Waals surface area contributed by atoms with Gasteiger partial charge in [0.15, 0.2) is 11.3 Å². The molecule has 0 bridgehead atoms. The third-order valence-electron chi connectivity index (χ3n) is 6.65. The van der Waals surface area contributed by atoms with Crippen LogP contribution >= 0.6 is 0 Å². The number of hydrogen-bond donors (Lipinski definition) is 0. The number of rotatable bonds is 3. The first kappa shape index (κ1) is 17.7. The van der Waals surface area contributed by atoms with Gasteiger partial charge in [0, 0.05) is 43.6 Å². The first-order chi connectivity index (χ1) is 18.9. The number of aryl methyl sites for hydroxylation is 2. The molecule has 3 heterocycles. The molecule has 7 rings (SSSR count). The predicted molar refractivity (Wildman–Crippen MR) is 146 cm³/mol. The number of aromatic nitrogens is 2. The van der Waals surface area contributed by atoms with Crippen LogP contribution in [0, 0.1) is 13.8 Å². The molecule has 4 nitrogen and oxygen atoms in total. The predicted octanol–water partition coefficient (Wildman–Crippen LogP) is 8.76. The monoisotopic (exact) mass is 469 g/mol. The fourth-order valence-corrected chi connectivity index (χ4v) is 4.85. The Bertz CT molecular complexity index is 2060. The number of nitrogens with zero attached hydrogens (tertiary/aromatic N) is 2. The van der Waals surface area contributed by atoms with Crippen molar-refractivity contribution in [3.63, 3.8) is 0 Å². The summed E-state index contributed by atoms with van der Waals surface area (Å²) >= 11 is 0. The van der Waals surface area contributed by atoms with E-state index < -0.39 is 6.85 Å². The minimum absolute atomic E-state index is 0.253. The van der Waals surface area contributed by atoms with Crippen LogP contribution in [0.1, 0.15) is 15.2 Å². The second kappa shape index (κ2) is 7.92. The van der Waals surface area contributed by atoms with Gasteiger partial charge in [-0.15, -0.1) is 0 Å². The summed E-state index contributed by atoms with van der Waals surface area (Å²) in [6.07, 6.45) is 3.24. The van der Waals surface area contributed by atoms with Crippen LogP contribution < -0.4 is 4.74 Å². The highest BCUT2D eigenvalue weighted by atomic mass is 16.5. The number of benzene rings is 4. The van der Waals surface area contributed by atoms with Crippen LogP contribution in [0.5, 0.6) is 11.5 Å². The Morgan fingerprint density at radius 3 is 2.67 bits per heavy atom. The highest BCUT2D eigenvalue weighted by Crippen LogP contribution is 2.43. The normalized spacial score (nSPS) is 13.2. The Morgan fingerprint density at radius 1 is 0.806 bits per heavy atom. The third kappa shape index (κ3) is 3.23. The third-order valence-corrected chi connectivity index (χ3v) is 6.65. The van der Waals surface area contributed by atoms with Crippen molar-refractivity contribution in [1.29, 1.82) is 0 Å². The largest absolute Gasteiger partial charge is 0.453 e. The zero-order chi connectivity index (χ0) is 26.7. The van der Waals surface area contributed by atoms with Gasteiger partial charge in [-0.1, -0.05) is 48.5 Å². The van der Waals surface area contributed by atoms with Crippen LogP contribution in [0.15, 0.2) is 102 Å². The van der Waals surface area contributed by atoms with E-state index in [9.17, 15) is 0 Å². The molecule has 0 fully saturated rings. The SMILES string of the molecule is [2H]C([2H])([2H])c1cnc(-c2cccc(Oc3cc4c(ccc5cccnc54)c4c3oc3ccccc34)c2)cc1C. The van der Waals surface area contributed by atoms with Gasteiger partial charge < -0.3 is 9.15 Å². The van der Waals surface area contributed by atoms with Crippen LogP contribution in [0.2, 0.25) is 0 Å². The summed E-state index contributed by atoms with van der Waals surface area (Å²) in [5.41, 5.74) is 4.77. The Balaban J connectivity index is 1.40. The van der Waals surface area contributed by atoms with Crippen molar-refractivity contribution >= 4 is 43.6 Å². The zero-order valence-electron chi connectivity index (χ0n) is 22.4. The van der Waals surface area contributed by atoms with Crippen molar-refractivity contribution in [2.75, 3.05) is 0 Å². The van der Waals surface area contributed by atoms with Gasteiger partial charge in [-0.3, -0.25) is 9.97 Å². The summed E-state index contributed by atoms with van der Waals surface area (Å²) in [5.74, 6) is 1.20. The lowest BCUT2D eigenvalue weighted by Gasteiger charge is -2.11. The minimum atomic E-state index is -2.20. The molecule has 0 saturated carbocycles. The van der Waals surface area contributed by atoms with Gasteiger partial charge in [-0.2, -0.15) is 0 Å². The zero-order valence-corrected chi connectivity index (χ0v) is 19.4. The number of fused-ring (bicyclic) bond motifs is 7. The molecular formula is C32H22N2O2. The van der Waals surface area contributed by atoms with Gasteiger partial charge >= 0.3 is 0 Å². The highest BCUT2D eigenvalue weighted by molar-refractivity contribution is 6.24. The maximum Gasteiger partial charge on any atom is 0.178 e. The second-order valence-electron chi connectivity index (χ2n) is 8.93. The Kier molecular flexibility index (Phi) is 3.89. The molecule has 7 aromatic rings. The smallest absolute Gasteiger partial charge is 0.178 e. The van der Waals surface area contributed by atoms with Gasteiger partial charge in [0.1, 0.15) is 11.3 Å². The maximum absolute atomic E-state index is 7.72. The van der Waals surface area contributed by atoms with Crippen LogP contribution in [0.4, 0.5) is 0 Å². The lowest BCUT2D eigenvalue weighted by molar-refractivity contribution is 0.477. The van der Waals surface area contributed by atoms with Gasteiger partial charge in [-0.25, -0.2) is 0 Å². The van der Waals surface area contributed by atoms with E-state index in [1.165, 1.54) is 6.20 Å². The Labute approximate surface area is 212 Å². The molecule has 172 valence electrons. The molecule has 4 heteroatoms. The Hall–Kier alpha value is -4.70. The second-order valence-corrected chi connectivity index (χ2v) is 8.93. The quantitative estimate of drug-likeness (QED) is 0.243. The lowest BCUT2D eigenvalue weighted by atomic mass is 10.0. The topological polar surface area (TPSA) is 48.2 Å². The molecule has 0 saturated heterocycles. The molecule has 0 amide bonds. The lowest BCUT2D eigenvalue weighted by Crippen LogP contribution is -1.91. The molecule has 0 N–H and O–H groups in total. The molecular weight excluding hydrogens is 444 g/mol. The van der Waals surface area contributed by atoms with Crippen LogP contribution in [-0.2, 0) is 0 Å². The number of para-hydroxylation sites is 1. The average Bonchev–Trinajstić information content (AvgIpc) is 3.33. The molecule has 36 heavy (non-hydrogen) atoms. The molecule has 0 atom stereocenters. The minimum Gasteiger partial charge on any atom is -0.453 e. The summed E-state index contributed by atoms with van der Waals surface area (Å²) in [7, 11) is 0. The van der Waals surface area contributed by atoms with E-state index in [2.05, 4.69) is 34.2 Å². The number of pyridine rings is 2. The van der Waals surface area contributed by atoms with Crippen LogP contribution in [-0.4, -0.2) is 9.97 Å². The van der Waals surface area contributed by atoms with Gasteiger partial charge in [-0.05, 0) is 66.7 Å². The van der Waals surface area contributed by atoms with Gasteiger partial charge in [0.05, 0.1) is 11.2 Å². The van der Waals surface area contributed by atoms with Crippen LogP contribution in [0.25, 0.3) is 54.9 Å². The highest BCUT2D eigenvalue weighted by Gasteiger charge is 2.18. The summed E-state index contributed by atoms with van der Waals surface area (Å²) in [6, 6.07) is 27.6. The fraction of sp³-hybridized carbons (Fsp3) is 0.0625. The number of ether oxygens (including phenoxy) is 1. The van der Waals surface area contributed by atoms with E-state index >= 15 is 0 Å². The average molecular weight is 470 g/mol. The van der Waals surface area contributed by atoms with Crippen molar-refractivity contribution < 1.29 is 13.3 Å². The standard InChI is InChI=1S/C32H22N2O2/c1-19-15-27(34-18-20(19)2)22-7-5-9-23(16-22)35-29-17-26-24(13-12-21-8-6-14-33-31(21)26)30-25-10-3-4-11-28(25)36-32(29)30/h3-18H,1-2H3/i2D3. The van der Waals surface area contributed by atoms with E-state index in [-0.39, 0.29) is 5.56 Å². The van der Waals surface area contributed by atoms with E-state index in [1.54, 1.807) is 19.2 Å². The van der Waals surface area contributed by atoms with Gasteiger partial charge in [0.25, 0.3) is 0 Å².